The van der Waals surface area contributed by atoms with E-state index in [4.69, 9.17) is 0 Å². The number of alkyl halides is 3. The predicted octanol–water partition coefficient (Wildman–Crippen LogP) is 4.02. The van der Waals surface area contributed by atoms with Crippen LogP contribution in [-0.2, 0) is 11.0 Å². The van der Waals surface area contributed by atoms with Crippen molar-refractivity contribution >= 4 is 17.4 Å². The van der Waals surface area contributed by atoms with Gasteiger partial charge in [-0.3, -0.25) is 4.79 Å². The molecule has 2 heterocycles. The largest absolute Gasteiger partial charge is 0.416 e. The van der Waals surface area contributed by atoms with Crippen LogP contribution in [0.5, 0.6) is 0 Å². The number of aryl methyl sites for hydroxylation is 1. The maximum absolute atomic E-state index is 13.1. The fourth-order valence-corrected chi connectivity index (χ4v) is 3.02. The number of nitrogens with zero attached hydrogens (tertiary/aromatic N) is 2. The molecule has 1 N–H and O–H groups in total. The monoisotopic (exact) mass is 349 g/mol. The third-order valence-electron chi connectivity index (χ3n) is 4.16. The van der Waals surface area contributed by atoms with Crippen LogP contribution in [0.25, 0.3) is 0 Å². The first kappa shape index (κ1) is 17.3. The summed E-state index contributed by atoms with van der Waals surface area (Å²) < 4.78 is 39.2. The van der Waals surface area contributed by atoms with Crippen LogP contribution >= 0.6 is 0 Å². The molecule has 1 saturated heterocycles. The summed E-state index contributed by atoms with van der Waals surface area (Å²) >= 11 is 0. The number of hydrogen-bond donors (Lipinski definition) is 1. The van der Waals surface area contributed by atoms with Crippen molar-refractivity contribution in [3.05, 3.63) is 53.7 Å². The van der Waals surface area contributed by atoms with Crippen LogP contribution in [0.2, 0.25) is 0 Å². The first-order valence-electron chi connectivity index (χ1n) is 8.03. The highest BCUT2D eigenvalue weighted by atomic mass is 19.4. The standard InChI is InChI=1S/C18H18F3N3O/c1-12-10-13(18(19,20)21)11-16(22-12)24-9-5-8-15(24)17(25)23-14-6-3-2-4-7-14/h2-4,6-7,10-11,15H,5,8-9H2,1H3,(H,23,25)/t15-/m1/s1. The van der Waals surface area contributed by atoms with Gasteiger partial charge in [0.05, 0.1) is 5.56 Å². The number of pyridine rings is 1. The second-order valence-electron chi connectivity index (χ2n) is 6.06. The van der Waals surface area contributed by atoms with E-state index in [-0.39, 0.29) is 17.4 Å². The first-order valence-corrected chi connectivity index (χ1v) is 8.03. The SMILES string of the molecule is Cc1cc(C(F)(F)F)cc(N2CCC[C@@H]2C(=O)Nc2ccccc2)n1. The summed E-state index contributed by atoms with van der Waals surface area (Å²) in [5, 5.41) is 2.81. The van der Waals surface area contributed by atoms with Gasteiger partial charge < -0.3 is 10.2 Å². The highest BCUT2D eigenvalue weighted by Gasteiger charge is 2.35. The fourth-order valence-electron chi connectivity index (χ4n) is 3.02. The zero-order valence-corrected chi connectivity index (χ0v) is 13.7. The number of anilines is 2. The van der Waals surface area contributed by atoms with Gasteiger partial charge in [-0.25, -0.2) is 4.98 Å². The van der Waals surface area contributed by atoms with Crippen molar-refractivity contribution in [1.29, 1.82) is 0 Å². The number of hydrogen-bond acceptors (Lipinski definition) is 3. The van der Waals surface area contributed by atoms with Crippen LogP contribution < -0.4 is 10.2 Å². The van der Waals surface area contributed by atoms with E-state index in [2.05, 4.69) is 10.3 Å². The number of aromatic nitrogens is 1. The Kier molecular flexibility index (Phi) is 4.65. The molecule has 1 amide bonds. The van der Waals surface area contributed by atoms with Crippen LogP contribution in [0.15, 0.2) is 42.5 Å². The van der Waals surface area contributed by atoms with E-state index in [9.17, 15) is 18.0 Å². The first-order chi connectivity index (χ1) is 11.8. The van der Waals surface area contributed by atoms with Gasteiger partial charge in [0.1, 0.15) is 11.9 Å². The second-order valence-corrected chi connectivity index (χ2v) is 6.06. The molecule has 4 nitrogen and oxygen atoms in total. The second kappa shape index (κ2) is 6.74. The summed E-state index contributed by atoms with van der Waals surface area (Å²) in [4.78, 5) is 18.4. The van der Waals surface area contributed by atoms with E-state index >= 15 is 0 Å². The number of rotatable bonds is 3. The zero-order chi connectivity index (χ0) is 18.0. The summed E-state index contributed by atoms with van der Waals surface area (Å²) in [5.74, 6) is -0.0430. The molecule has 1 atom stereocenters. The highest BCUT2D eigenvalue weighted by Crippen LogP contribution is 2.33. The lowest BCUT2D eigenvalue weighted by molar-refractivity contribution is -0.137. The molecule has 1 aromatic carbocycles. The average Bonchev–Trinajstić information content (AvgIpc) is 3.04. The lowest BCUT2D eigenvalue weighted by Gasteiger charge is -2.26. The molecule has 1 aromatic heterocycles. The van der Waals surface area contributed by atoms with Crippen molar-refractivity contribution in [2.75, 3.05) is 16.8 Å². The van der Waals surface area contributed by atoms with E-state index in [0.717, 1.165) is 18.6 Å². The van der Waals surface area contributed by atoms with Gasteiger partial charge >= 0.3 is 6.18 Å². The van der Waals surface area contributed by atoms with Gasteiger partial charge in [-0.15, -0.1) is 0 Å². The number of carbonyl (C=O) groups is 1. The topological polar surface area (TPSA) is 45.2 Å². The average molecular weight is 349 g/mol. The van der Waals surface area contributed by atoms with Gasteiger partial charge in [-0.05, 0) is 44.0 Å². The molecule has 0 aliphatic carbocycles. The third-order valence-corrected chi connectivity index (χ3v) is 4.16. The molecule has 0 saturated carbocycles. The van der Waals surface area contributed by atoms with Crippen LogP contribution in [-0.4, -0.2) is 23.5 Å². The predicted molar refractivity (Wildman–Crippen MR) is 89.4 cm³/mol. The Morgan fingerprint density at radius 1 is 1.24 bits per heavy atom. The van der Waals surface area contributed by atoms with Crippen molar-refractivity contribution in [1.82, 2.24) is 4.98 Å². The van der Waals surface area contributed by atoms with Gasteiger partial charge in [-0.1, -0.05) is 18.2 Å². The van der Waals surface area contributed by atoms with E-state index in [1.807, 2.05) is 6.07 Å². The minimum atomic E-state index is -4.44. The molecule has 3 rings (SSSR count). The van der Waals surface area contributed by atoms with Gasteiger partial charge in [-0.2, -0.15) is 13.2 Å². The Morgan fingerprint density at radius 3 is 2.64 bits per heavy atom. The van der Waals surface area contributed by atoms with E-state index in [1.54, 1.807) is 29.2 Å². The van der Waals surface area contributed by atoms with Gasteiger partial charge in [0.25, 0.3) is 0 Å². The van der Waals surface area contributed by atoms with Crippen LogP contribution in [0.1, 0.15) is 24.1 Å². The van der Waals surface area contributed by atoms with Crippen molar-refractivity contribution in [2.24, 2.45) is 0 Å². The number of para-hydroxylation sites is 1. The number of nitrogens with one attached hydrogen (secondary N) is 1. The molecule has 2 aromatic rings. The van der Waals surface area contributed by atoms with E-state index in [1.165, 1.54) is 6.92 Å². The minimum Gasteiger partial charge on any atom is -0.345 e. The van der Waals surface area contributed by atoms with Crippen molar-refractivity contribution in [2.45, 2.75) is 32.0 Å². The Labute approximate surface area is 143 Å². The minimum absolute atomic E-state index is 0.193. The molecule has 0 spiro atoms. The quantitative estimate of drug-likeness (QED) is 0.910. The lowest BCUT2D eigenvalue weighted by atomic mass is 10.1. The number of halogens is 3. The molecular weight excluding hydrogens is 331 g/mol. The Morgan fingerprint density at radius 2 is 1.96 bits per heavy atom. The Balaban J connectivity index is 1.84. The van der Waals surface area contributed by atoms with Crippen molar-refractivity contribution in [3.63, 3.8) is 0 Å². The zero-order valence-electron chi connectivity index (χ0n) is 13.7. The van der Waals surface area contributed by atoms with E-state index in [0.29, 0.717) is 18.7 Å². The third kappa shape index (κ3) is 3.92. The molecule has 0 bridgehead atoms. The fraction of sp³-hybridized carbons (Fsp3) is 0.333. The van der Waals surface area contributed by atoms with Crippen LogP contribution in [0.4, 0.5) is 24.7 Å². The van der Waals surface area contributed by atoms with Gasteiger partial charge in [0.15, 0.2) is 0 Å². The van der Waals surface area contributed by atoms with Crippen LogP contribution in [0.3, 0.4) is 0 Å². The number of carbonyl (C=O) groups excluding carboxylic acids is 1. The number of amides is 1. The Bertz CT molecular complexity index is 762. The molecule has 132 valence electrons. The van der Waals surface area contributed by atoms with Gasteiger partial charge in [0, 0.05) is 17.9 Å². The van der Waals surface area contributed by atoms with E-state index < -0.39 is 17.8 Å². The maximum atomic E-state index is 13.1. The molecule has 0 radical (unpaired) electrons. The smallest absolute Gasteiger partial charge is 0.345 e. The number of benzene rings is 1. The van der Waals surface area contributed by atoms with Crippen LogP contribution in [0, 0.1) is 6.92 Å². The summed E-state index contributed by atoms with van der Waals surface area (Å²) in [5.41, 5.74) is 0.190. The normalized spacial score (nSPS) is 17.6. The maximum Gasteiger partial charge on any atom is 0.416 e. The highest BCUT2D eigenvalue weighted by molar-refractivity contribution is 5.97. The lowest BCUT2D eigenvalue weighted by Crippen LogP contribution is -2.40. The molecule has 25 heavy (non-hydrogen) atoms. The molecule has 1 fully saturated rings. The summed E-state index contributed by atoms with van der Waals surface area (Å²) in [7, 11) is 0. The Hall–Kier alpha value is -2.57. The molecule has 1 aliphatic heterocycles. The molecular formula is C18H18F3N3O. The van der Waals surface area contributed by atoms with Crippen molar-refractivity contribution < 1.29 is 18.0 Å². The molecule has 1 aliphatic rings. The summed E-state index contributed by atoms with van der Waals surface area (Å²) in [6, 6.07) is 10.5. The molecule has 0 unspecified atom stereocenters. The van der Waals surface area contributed by atoms with Crippen molar-refractivity contribution in [3.8, 4) is 0 Å². The molecule has 7 heteroatoms. The van der Waals surface area contributed by atoms with Gasteiger partial charge in [0.2, 0.25) is 5.91 Å². The summed E-state index contributed by atoms with van der Waals surface area (Å²) in [6.45, 7) is 2.02. The summed E-state index contributed by atoms with van der Waals surface area (Å²) in [6.07, 6.45) is -3.14.